The standard InChI is InChI=1S/C13H12FNO3S/c1-15-13(16)12-7-4-10(18-12)8-19(17)11-5-2-9(14)3-6-11/h2-7H,8H2,1H3,(H,15,16). The maximum atomic E-state index is 12.7. The molecular formula is C13H12FNO3S. The number of hydrogen-bond acceptors (Lipinski definition) is 3. The molecule has 6 heteroatoms. The molecule has 1 atom stereocenters. The largest absolute Gasteiger partial charge is 0.455 e. The molecule has 4 nitrogen and oxygen atoms in total. The lowest BCUT2D eigenvalue weighted by Gasteiger charge is -2.00. The van der Waals surface area contributed by atoms with Crippen LogP contribution in [-0.2, 0) is 16.6 Å². The van der Waals surface area contributed by atoms with Gasteiger partial charge in [-0.2, -0.15) is 0 Å². The highest BCUT2D eigenvalue weighted by Crippen LogP contribution is 2.15. The molecule has 0 aliphatic carbocycles. The van der Waals surface area contributed by atoms with E-state index in [1.807, 2.05) is 0 Å². The van der Waals surface area contributed by atoms with E-state index in [1.54, 1.807) is 6.07 Å². The summed E-state index contributed by atoms with van der Waals surface area (Å²) in [6.45, 7) is 0. The van der Waals surface area contributed by atoms with E-state index in [4.69, 9.17) is 4.42 Å². The van der Waals surface area contributed by atoms with Crippen molar-refractivity contribution in [2.45, 2.75) is 10.6 Å². The quantitative estimate of drug-likeness (QED) is 0.933. The van der Waals surface area contributed by atoms with Crippen LogP contribution < -0.4 is 5.32 Å². The van der Waals surface area contributed by atoms with Gasteiger partial charge in [-0.15, -0.1) is 0 Å². The van der Waals surface area contributed by atoms with E-state index in [0.717, 1.165) is 0 Å². The normalized spacial score (nSPS) is 12.1. The van der Waals surface area contributed by atoms with Gasteiger partial charge in [0.1, 0.15) is 11.6 Å². The predicted molar refractivity (Wildman–Crippen MR) is 68.6 cm³/mol. The van der Waals surface area contributed by atoms with Gasteiger partial charge in [-0.05, 0) is 36.4 Å². The Labute approximate surface area is 112 Å². The summed E-state index contributed by atoms with van der Waals surface area (Å²) in [4.78, 5) is 11.8. The van der Waals surface area contributed by atoms with Gasteiger partial charge in [0.25, 0.3) is 5.91 Å². The Hall–Kier alpha value is -1.95. The third-order valence-electron chi connectivity index (χ3n) is 2.46. The zero-order valence-electron chi connectivity index (χ0n) is 10.2. The van der Waals surface area contributed by atoms with Crippen LogP contribution in [0.1, 0.15) is 16.3 Å². The van der Waals surface area contributed by atoms with Crippen LogP contribution in [0.2, 0.25) is 0 Å². The Morgan fingerprint density at radius 3 is 2.58 bits per heavy atom. The Kier molecular flexibility index (Phi) is 4.11. The molecule has 0 aliphatic heterocycles. The van der Waals surface area contributed by atoms with Crippen LogP contribution in [-0.4, -0.2) is 17.2 Å². The van der Waals surface area contributed by atoms with Crippen LogP contribution in [0.15, 0.2) is 45.7 Å². The maximum absolute atomic E-state index is 12.7. The van der Waals surface area contributed by atoms with E-state index in [9.17, 15) is 13.4 Å². The van der Waals surface area contributed by atoms with Crippen molar-refractivity contribution in [3.63, 3.8) is 0 Å². The summed E-state index contributed by atoms with van der Waals surface area (Å²) in [5.74, 6) is 0.0529. The number of hydrogen-bond donors (Lipinski definition) is 1. The smallest absolute Gasteiger partial charge is 0.286 e. The van der Waals surface area contributed by atoms with Crippen LogP contribution in [0.5, 0.6) is 0 Å². The minimum atomic E-state index is -1.34. The minimum Gasteiger partial charge on any atom is -0.455 e. The van der Waals surface area contributed by atoms with Gasteiger partial charge >= 0.3 is 0 Å². The van der Waals surface area contributed by atoms with Crippen molar-refractivity contribution in [3.8, 4) is 0 Å². The number of halogens is 1. The Balaban J connectivity index is 2.08. The van der Waals surface area contributed by atoms with Crippen molar-refractivity contribution in [1.82, 2.24) is 5.32 Å². The van der Waals surface area contributed by atoms with Gasteiger partial charge in [-0.3, -0.25) is 9.00 Å². The maximum Gasteiger partial charge on any atom is 0.286 e. The summed E-state index contributed by atoms with van der Waals surface area (Å²) in [5.41, 5.74) is 0. The Morgan fingerprint density at radius 2 is 1.95 bits per heavy atom. The number of carbonyl (C=O) groups is 1. The van der Waals surface area contributed by atoms with E-state index in [2.05, 4.69) is 5.32 Å². The molecule has 0 spiro atoms. The summed E-state index contributed by atoms with van der Waals surface area (Å²) in [7, 11) is 0.165. The zero-order chi connectivity index (χ0) is 13.8. The fourth-order valence-corrected chi connectivity index (χ4v) is 2.52. The van der Waals surface area contributed by atoms with E-state index < -0.39 is 10.8 Å². The molecule has 100 valence electrons. The first-order valence-electron chi connectivity index (χ1n) is 5.55. The third-order valence-corrected chi connectivity index (χ3v) is 3.81. The van der Waals surface area contributed by atoms with Crippen LogP contribution in [0.25, 0.3) is 0 Å². The van der Waals surface area contributed by atoms with Gasteiger partial charge in [0.05, 0.1) is 16.6 Å². The Morgan fingerprint density at radius 1 is 1.26 bits per heavy atom. The van der Waals surface area contributed by atoms with Gasteiger partial charge in [-0.1, -0.05) is 0 Å². The molecule has 2 rings (SSSR count). The molecule has 0 bridgehead atoms. The van der Waals surface area contributed by atoms with Gasteiger partial charge in [0.2, 0.25) is 0 Å². The molecule has 1 unspecified atom stereocenters. The number of amides is 1. The average molecular weight is 281 g/mol. The molecule has 0 fully saturated rings. The number of rotatable bonds is 4. The zero-order valence-corrected chi connectivity index (χ0v) is 11.0. The second-order valence-electron chi connectivity index (χ2n) is 3.79. The number of carbonyl (C=O) groups excluding carboxylic acids is 1. The second kappa shape index (κ2) is 5.79. The minimum absolute atomic E-state index is 0.141. The highest BCUT2D eigenvalue weighted by molar-refractivity contribution is 7.84. The SMILES string of the molecule is CNC(=O)c1ccc(CS(=O)c2ccc(F)cc2)o1. The fourth-order valence-electron chi connectivity index (χ4n) is 1.50. The van der Waals surface area contributed by atoms with E-state index in [1.165, 1.54) is 37.4 Å². The average Bonchev–Trinajstić information content (AvgIpc) is 2.87. The molecule has 19 heavy (non-hydrogen) atoms. The van der Waals surface area contributed by atoms with Crippen molar-refractivity contribution in [1.29, 1.82) is 0 Å². The molecule has 1 aromatic heterocycles. The van der Waals surface area contributed by atoms with Gasteiger partial charge in [-0.25, -0.2) is 4.39 Å². The van der Waals surface area contributed by atoms with Crippen molar-refractivity contribution in [3.05, 3.63) is 53.7 Å². The predicted octanol–water partition coefficient (Wildman–Crippen LogP) is 2.09. The second-order valence-corrected chi connectivity index (χ2v) is 5.24. The van der Waals surface area contributed by atoms with Crippen molar-refractivity contribution >= 4 is 16.7 Å². The lowest BCUT2D eigenvalue weighted by atomic mass is 10.4. The number of furan rings is 1. The molecule has 2 aromatic rings. The molecule has 1 heterocycles. The van der Waals surface area contributed by atoms with Gasteiger partial charge in [0, 0.05) is 11.9 Å². The summed E-state index contributed by atoms with van der Waals surface area (Å²) < 4.78 is 30.0. The number of benzene rings is 1. The Bertz CT molecular complexity index is 607. The molecule has 1 amide bonds. The highest BCUT2D eigenvalue weighted by Gasteiger charge is 2.12. The first kappa shape index (κ1) is 13.5. The van der Waals surface area contributed by atoms with E-state index in [0.29, 0.717) is 10.7 Å². The monoisotopic (exact) mass is 281 g/mol. The van der Waals surface area contributed by atoms with Crippen molar-refractivity contribution in [2.24, 2.45) is 0 Å². The third kappa shape index (κ3) is 3.29. The first-order valence-corrected chi connectivity index (χ1v) is 6.87. The van der Waals surface area contributed by atoms with Crippen LogP contribution in [0.3, 0.4) is 0 Å². The van der Waals surface area contributed by atoms with Crippen LogP contribution in [0, 0.1) is 5.82 Å². The van der Waals surface area contributed by atoms with Gasteiger partial charge in [0.15, 0.2) is 5.76 Å². The molecule has 0 radical (unpaired) electrons. The molecule has 1 N–H and O–H groups in total. The molecular weight excluding hydrogens is 269 g/mol. The summed E-state index contributed by atoms with van der Waals surface area (Å²) >= 11 is 0. The van der Waals surface area contributed by atoms with Crippen molar-refractivity contribution < 1.29 is 17.8 Å². The highest BCUT2D eigenvalue weighted by atomic mass is 32.2. The molecule has 0 aliphatic rings. The van der Waals surface area contributed by atoms with Crippen molar-refractivity contribution in [2.75, 3.05) is 7.05 Å². The topological polar surface area (TPSA) is 59.3 Å². The lowest BCUT2D eigenvalue weighted by Crippen LogP contribution is -2.16. The van der Waals surface area contributed by atoms with E-state index >= 15 is 0 Å². The summed E-state index contributed by atoms with van der Waals surface area (Å²) in [6.07, 6.45) is 0. The van der Waals surface area contributed by atoms with E-state index in [-0.39, 0.29) is 23.2 Å². The summed E-state index contributed by atoms with van der Waals surface area (Å²) in [6, 6.07) is 8.57. The molecule has 0 saturated heterocycles. The van der Waals surface area contributed by atoms with Gasteiger partial charge < -0.3 is 9.73 Å². The van der Waals surface area contributed by atoms with Crippen LogP contribution >= 0.6 is 0 Å². The number of nitrogens with one attached hydrogen (secondary N) is 1. The first-order chi connectivity index (χ1) is 9.10. The molecule has 0 saturated carbocycles. The summed E-state index contributed by atoms with van der Waals surface area (Å²) in [5, 5.41) is 2.44. The lowest BCUT2D eigenvalue weighted by molar-refractivity contribution is 0.0934. The molecule has 1 aromatic carbocycles. The fraction of sp³-hybridized carbons (Fsp3) is 0.154. The van der Waals surface area contributed by atoms with Crippen LogP contribution in [0.4, 0.5) is 4.39 Å².